The molecule has 0 bridgehead atoms. The molecule has 1 aliphatic carbocycles. The normalized spacial score (nSPS) is 18.0. The Morgan fingerprint density at radius 3 is 2.52 bits per heavy atom. The molecule has 29 heavy (non-hydrogen) atoms. The number of aromatic amines is 1. The van der Waals surface area contributed by atoms with Gasteiger partial charge < -0.3 is 14.6 Å². The standard InChI is InChI=1S/C23H29N3O3/c1-22(2,3)21-24-19-17(20(28)25-21)9-10-23(19)11-13-26(14-12-23)18(27)15-29-16-7-5-4-6-8-16/h4-8H,9-15H2,1-3H3,(H,24,25,28). The lowest BCUT2D eigenvalue weighted by Crippen LogP contribution is -2.46. The van der Waals surface area contributed by atoms with E-state index in [1.54, 1.807) is 0 Å². The lowest BCUT2D eigenvalue weighted by molar-refractivity contribution is -0.135. The van der Waals surface area contributed by atoms with Crippen LogP contribution < -0.4 is 10.3 Å². The van der Waals surface area contributed by atoms with Gasteiger partial charge >= 0.3 is 0 Å². The van der Waals surface area contributed by atoms with Crippen LogP contribution in [-0.2, 0) is 22.0 Å². The van der Waals surface area contributed by atoms with E-state index in [9.17, 15) is 9.59 Å². The fraction of sp³-hybridized carbons (Fsp3) is 0.522. The van der Waals surface area contributed by atoms with Crippen molar-refractivity contribution in [2.24, 2.45) is 0 Å². The predicted molar refractivity (Wildman–Crippen MR) is 111 cm³/mol. The summed E-state index contributed by atoms with van der Waals surface area (Å²) in [7, 11) is 0. The highest BCUT2D eigenvalue weighted by Crippen LogP contribution is 2.44. The molecule has 0 unspecified atom stereocenters. The van der Waals surface area contributed by atoms with Gasteiger partial charge in [0.05, 0.1) is 5.69 Å². The van der Waals surface area contributed by atoms with Gasteiger partial charge in [0.1, 0.15) is 11.6 Å². The zero-order valence-electron chi connectivity index (χ0n) is 17.5. The van der Waals surface area contributed by atoms with E-state index in [0.717, 1.165) is 42.8 Å². The van der Waals surface area contributed by atoms with Crippen LogP contribution in [0.25, 0.3) is 0 Å². The van der Waals surface area contributed by atoms with Crippen molar-refractivity contribution in [3.05, 3.63) is 57.8 Å². The van der Waals surface area contributed by atoms with Crippen LogP contribution in [0.4, 0.5) is 0 Å². The average Bonchev–Trinajstić information content (AvgIpc) is 3.05. The Morgan fingerprint density at radius 2 is 1.86 bits per heavy atom. The molecule has 4 rings (SSSR count). The number of carbonyl (C=O) groups excluding carboxylic acids is 1. The number of nitrogens with zero attached hydrogens (tertiary/aromatic N) is 2. The number of hydrogen-bond acceptors (Lipinski definition) is 4. The summed E-state index contributed by atoms with van der Waals surface area (Å²) in [6.45, 7) is 7.60. The average molecular weight is 396 g/mol. The summed E-state index contributed by atoms with van der Waals surface area (Å²) in [5.41, 5.74) is 1.53. The fourth-order valence-electron chi connectivity index (χ4n) is 4.43. The molecular formula is C23H29N3O3. The van der Waals surface area contributed by atoms with Crippen molar-refractivity contribution < 1.29 is 9.53 Å². The van der Waals surface area contributed by atoms with E-state index < -0.39 is 0 Å². The molecule has 1 aromatic carbocycles. The number of H-pyrrole nitrogens is 1. The first-order valence-electron chi connectivity index (χ1n) is 10.4. The number of carbonyl (C=O) groups is 1. The molecule has 6 heteroatoms. The molecule has 0 radical (unpaired) electrons. The number of rotatable bonds is 3. The highest BCUT2D eigenvalue weighted by atomic mass is 16.5. The Kier molecular flexibility index (Phi) is 4.97. The van der Waals surface area contributed by atoms with Crippen LogP contribution in [-0.4, -0.2) is 40.5 Å². The minimum absolute atomic E-state index is 0.00608. The molecule has 2 aromatic rings. The summed E-state index contributed by atoms with van der Waals surface area (Å²) < 4.78 is 5.61. The summed E-state index contributed by atoms with van der Waals surface area (Å²) in [6, 6.07) is 9.40. The van der Waals surface area contributed by atoms with Crippen molar-refractivity contribution in [1.82, 2.24) is 14.9 Å². The van der Waals surface area contributed by atoms with Gasteiger partial charge in [-0.25, -0.2) is 4.98 Å². The molecule has 1 saturated heterocycles. The Hall–Kier alpha value is -2.63. The number of hydrogen-bond donors (Lipinski definition) is 1. The first-order chi connectivity index (χ1) is 13.8. The van der Waals surface area contributed by atoms with Crippen molar-refractivity contribution in [1.29, 1.82) is 0 Å². The van der Waals surface area contributed by atoms with Gasteiger partial charge in [-0.2, -0.15) is 0 Å². The molecule has 154 valence electrons. The number of nitrogens with one attached hydrogen (secondary N) is 1. The topological polar surface area (TPSA) is 75.3 Å². The largest absolute Gasteiger partial charge is 0.484 e. The summed E-state index contributed by atoms with van der Waals surface area (Å²) in [6.07, 6.45) is 3.40. The smallest absolute Gasteiger partial charge is 0.260 e. The fourth-order valence-corrected chi connectivity index (χ4v) is 4.43. The third-order valence-corrected chi connectivity index (χ3v) is 6.26. The Morgan fingerprint density at radius 1 is 1.17 bits per heavy atom. The molecule has 1 fully saturated rings. The maximum absolute atomic E-state index is 12.6. The van der Waals surface area contributed by atoms with Crippen LogP contribution in [0.5, 0.6) is 5.75 Å². The maximum atomic E-state index is 12.6. The zero-order valence-corrected chi connectivity index (χ0v) is 17.5. The lowest BCUT2D eigenvalue weighted by Gasteiger charge is -2.39. The highest BCUT2D eigenvalue weighted by Gasteiger charge is 2.45. The Bertz CT molecular complexity index is 952. The van der Waals surface area contributed by atoms with E-state index in [2.05, 4.69) is 25.8 Å². The Balaban J connectivity index is 1.46. The van der Waals surface area contributed by atoms with E-state index in [-0.39, 0.29) is 28.9 Å². The minimum Gasteiger partial charge on any atom is -0.484 e. The van der Waals surface area contributed by atoms with E-state index in [4.69, 9.17) is 9.72 Å². The number of ether oxygens (including phenoxy) is 1. The number of piperidine rings is 1. The first kappa shape index (κ1) is 19.7. The number of fused-ring (bicyclic) bond motifs is 2. The van der Waals surface area contributed by atoms with E-state index in [0.29, 0.717) is 18.8 Å². The van der Waals surface area contributed by atoms with Crippen LogP contribution in [0.2, 0.25) is 0 Å². The lowest BCUT2D eigenvalue weighted by atomic mass is 9.76. The molecule has 0 saturated carbocycles. The number of para-hydroxylation sites is 1. The third kappa shape index (κ3) is 3.80. The number of benzene rings is 1. The van der Waals surface area contributed by atoms with Crippen LogP contribution in [0, 0.1) is 0 Å². The molecular weight excluding hydrogens is 366 g/mol. The summed E-state index contributed by atoms with van der Waals surface area (Å²) in [5, 5.41) is 0. The van der Waals surface area contributed by atoms with Gasteiger partial charge in [-0.3, -0.25) is 9.59 Å². The van der Waals surface area contributed by atoms with Gasteiger partial charge in [-0.15, -0.1) is 0 Å². The predicted octanol–water partition coefficient (Wildman–Crippen LogP) is 2.95. The third-order valence-electron chi connectivity index (χ3n) is 6.26. The molecule has 6 nitrogen and oxygen atoms in total. The van der Waals surface area contributed by atoms with Crippen molar-refractivity contribution in [3.8, 4) is 5.75 Å². The van der Waals surface area contributed by atoms with Crippen LogP contribution in [0.1, 0.15) is 57.1 Å². The molecule has 1 aliphatic heterocycles. The van der Waals surface area contributed by atoms with Crippen molar-refractivity contribution in [3.63, 3.8) is 0 Å². The second-order valence-corrected chi connectivity index (χ2v) is 9.25. The monoisotopic (exact) mass is 395 g/mol. The van der Waals surface area contributed by atoms with Gasteiger partial charge in [0.2, 0.25) is 0 Å². The first-order valence-corrected chi connectivity index (χ1v) is 10.4. The van der Waals surface area contributed by atoms with Crippen LogP contribution in [0.3, 0.4) is 0 Å². The summed E-state index contributed by atoms with van der Waals surface area (Å²) in [4.78, 5) is 35.0. The second-order valence-electron chi connectivity index (χ2n) is 9.25. The number of likely N-dealkylation sites (tertiary alicyclic amines) is 1. The molecule has 2 aliphatic rings. The molecule has 0 atom stereocenters. The Labute approximate surface area is 171 Å². The van der Waals surface area contributed by atoms with Crippen LogP contribution >= 0.6 is 0 Å². The maximum Gasteiger partial charge on any atom is 0.260 e. The number of aromatic nitrogens is 2. The van der Waals surface area contributed by atoms with Gasteiger partial charge in [0.15, 0.2) is 6.61 Å². The second kappa shape index (κ2) is 7.32. The minimum atomic E-state index is -0.205. The van der Waals surface area contributed by atoms with Crippen molar-refractivity contribution in [2.75, 3.05) is 19.7 Å². The van der Waals surface area contributed by atoms with Gasteiger partial charge in [0, 0.05) is 29.5 Å². The molecule has 1 amide bonds. The van der Waals surface area contributed by atoms with Crippen molar-refractivity contribution >= 4 is 5.91 Å². The molecule has 1 N–H and O–H groups in total. The molecule has 1 spiro atoms. The number of amides is 1. The van der Waals surface area contributed by atoms with Crippen LogP contribution in [0.15, 0.2) is 35.1 Å². The molecule has 1 aromatic heterocycles. The summed E-state index contributed by atoms with van der Waals surface area (Å²) in [5.74, 6) is 1.46. The van der Waals surface area contributed by atoms with Gasteiger partial charge in [0.25, 0.3) is 11.5 Å². The van der Waals surface area contributed by atoms with Crippen molar-refractivity contribution in [2.45, 2.75) is 57.3 Å². The van der Waals surface area contributed by atoms with E-state index >= 15 is 0 Å². The van der Waals surface area contributed by atoms with Gasteiger partial charge in [-0.05, 0) is 37.8 Å². The van der Waals surface area contributed by atoms with E-state index in [1.165, 1.54) is 0 Å². The zero-order chi connectivity index (χ0) is 20.6. The van der Waals surface area contributed by atoms with E-state index in [1.807, 2.05) is 35.2 Å². The highest BCUT2D eigenvalue weighted by molar-refractivity contribution is 5.78. The molecule has 2 heterocycles. The quantitative estimate of drug-likeness (QED) is 0.867. The SMILES string of the molecule is CC(C)(C)c1nc2c(c(=O)[nH]1)CCC21CCN(C(=O)COc2ccccc2)CC1. The van der Waals surface area contributed by atoms with Gasteiger partial charge in [-0.1, -0.05) is 39.0 Å². The summed E-state index contributed by atoms with van der Waals surface area (Å²) >= 11 is 0.